The van der Waals surface area contributed by atoms with E-state index in [1.165, 1.54) is 0 Å². The lowest BCUT2D eigenvalue weighted by molar-refractivity contribution is 0.102. The normalized spacial score (nSPS) is 10.4. The minimum Gasteiger partial charge on any atom is -0.493 e. The summed E-state index contributed by atoms with van der Waals surface area (Å²) in [6.45, 7) is 5.60. The second-order valence-electron chi connectivity index (χ2n) is 3.23. The molecule has 0 aliphatic heterocycles. The summed E-state index contributed by atoms with van der Waals surface area (Å²) in [5.41, 5.74) is 0.461. The number of nitrogens with zero attached hydrogens (tertiary/aromatic N) is 1. The summed E-state index contributed by atoms with van der Waals surface area (Å²) in [6.07, 6.45) is -0.828. The van der Waals surface area contributed by atoms with Crippen LogP contribution in [0.5, 0.6) is 11.8 Å². The molecule has 6 nitrogen and oxygen atoms in total. The molecule has 0 unspecified atom stereocenters. The maximum absolute atomic E-state index is 11.0. The first-order valence-electron chi connectivity index (χ1n) is 4.68. The first-order chi connectivity index (χ1) is 7.06. The number of ether oxygens (including phenoxy) is 2. The number of aromatic amines is 1. The van der Waals surface area contributed by atoms with Gasteiger partial charge in [0.15, 0.2) is 0 Å². The summed E-state index contributed by atoms with van der Waals surface area (Å²) >= 11 is 0. The fourth-order valence-electron chi connectivity index (χ4n) is 1.15. The average Bonchev–Trinajstić information content (AvgIpc) is 2.47. The number of aromatic nitrogens is 2. The SMILES string of the molecule is CCOC(=O)Oc1n[nH]c(O)c1C(C)C. The summed E-state index contributed by atoms with van der Waals surface area (Å²) in [5.74, 6) is -0.0431. The van der Waals surface area contributed by atoms with E-state index < -0.39 is 6.16 Å². The Morgan fingerprint density at radius 3 is 2.80 bits per heavy atom. The lowest BCUT2D eigenvalue weighted by Crippen LogP contribution is -2.11. The zero-order valence-corrected chi connectivity index (χ0v) is 8.90. The Morgan fingerprint density at radius 1 is 1.60 bits per heavy atom. The number of hydrogen-bond donors (Lipinski definition) is 2. The van der Waals surface area contributed by atoms with E-state index >= 15 is 0 Å². The molecule has 0 aliphatic rings. The molecule has 0 bridgehead atoms. The highest BCUT2D eigenvalue weighted by molar-refractivity contribution is 5.64. The summed E-state index contributed by atoms with van der Waals surface area (Å²) < 4.78 is 9.40. The highest BCUT2D eigenvalue weighted by Gasteiger charge is 2.20. The fraction of sp³-hybridized carbons (Fsp3) is 0.556. The standard InChI is InChI=1S/C9H14N2O4/c1-4-14-9(13)15-8-6(5(2)3)7(12)10-11-8/h5H,4H2,1-3H3,(H2,10,11,12). The van der Waals surface area contributed by atoms with Gasteiger partial charge in [-0.1, -0.05) is 13.8 Å². The van der Waals surface area contributed by atoms with Crippen molar-refractivity contribution in [2.24, 2.45) is 0 Å². The first-order valence-corrected chi connectivity index (χ1v) is 4.68. The van der Waals surface area contributed by atoms with Crippen molar-refractivity contribution in [1.82, 2.24) is 10.2 Å². The summed E-state index contributed by atoms with van der Waals surface area (Å²) in [5, 5.41) is 15.4. The van der Waals surface area contributed by atoms with E-state index in [4.69, 9.17) is 4.74 Å². The van der Waals surface area contributed by atoms with Crippen LogP contribution in [-0.4, -0.2) is 28.1 Å². The van der Waals surface area contributed by atoms with Crippen LogP contribution in [0.25, 0.3) is 0 Å². The summed E-state index contributed by atoms with van der Waals surface area (Å²) in [7, 11) is 0. The van der Waals surface area contributed by atoms with Crippen molar-refractivity contribution >= 4 is 6.16 Å². The van der Waals surface area contributed by atoms with Gasteiger partial charge in [0.05, 0.1) is 12.2 Å². The van der Waals surface area contributed by atoms with E-state index in [0.29, 0.717) is 5.56 Å². The van der Waals surface area contributed by atoms with Crippen molar-refractivity contribution < 1.29 is 19.4 Å². The molecule has 0 fully saturated rings. The van der Waals surface area contributed by atoms with E-state index in [1.54, 1.807) is 6.92 Å². The molecular weight excluding hydrogens is 200 g/mol. The minimum atomic E-state index is -0.828. The van der Waals surface area contributed by atoms with Gasteiger partial charge >= 0.3 is 6.16 Å². The minimum absolute atomic E-state index is 0.00632. The second kappa shape index (κ2) is 4.68. The quantitative estimate of drug-likeness (QED) is 0.749. The molecule has 6 heteroatoms. The number of aromatic hydroxyl groups is 1. The van der Waals surface area contributed by atoms with E-state index in [9.17, 15) is 9.90 Å². The molecule has 0 atom stereocenters. The number of H-pyrrole nitrogens is 1. The molecule has 0 saturated carbocycles. The van der Waals surface area contributed by atoms with Gasteiger partial charge in [-0.3, -0.25) is 0 Å². The van der Waals surface area contributed by atoms with Crippen molar-refractivity contribution in [3.05, 3.63) is 5.56 Å². The molecule has 0 aromatic carbocycles. The van der Waals surface area contributed by atoms with Crippen LogP contribution in [-0.2, 0) is 4.74 Å². The Balaban J connectivity index is 2.81. The predicted octanol–water partition coefficient (Wildman–Crippen LogP) is 1.77. The third-order valence-corrected chi connectivity index (χ3v) is 1.77. The molecule has 1 aromatic rings. The molecule has 1 rings (SSSR count). The van der Waals surface area contributed by atoms with Crippen LogP contribution in [0, 0.1) is 0 Å². The van der Waals surface area contributed by atoms with Crippen molar-refractivity contribution in [2.75, 3.05) is 6.61 Å². The number of nitrogens with one attached hydrogen (secondary N) is 1. The van der Waals surface area contributed by atoms with Gasteiger partial charge in [0.1, 0.15) is 0 Å². The van der Waals surface area contributed by atoms with Crippen molar-refractivity contribution in [3.63, 3.8) is 0 Å². The summed E-state index contributed by atoms with van der Waals surface area (Å²) in [6, 6.07) is 0. The largest absolute Gasteiger partial charge is 0.515 e. The van der Waals surface area contributed by atoms with Gasteiger partial charge in [0.2, 0.25) is 5.88 Å². The number of carbonyl (C=O) groups is 1. The topological polar surface area (TPSA) is 84.4 Å². The Labute approximate surface area is 87.2 Å². The average molecular weight is 214 g/mol. The maximum Gasteiger partial charge on any atom is 0.515 e. The van der Waals surface area contributed by atoms with Crippen molar-refractivity contribution in [3.8, 4) is 11.8 Å². The molecule has 0 aliphatic carbocycles. The van der Waals surface area contributed by atoms with E-state index in [2.05, 4.69) is 14.9 Å². The molecule has 0 saturated heterocycles. The van der Waals surface area contributed by atoms with Gasteiger partial charge in [-0.05, 0) is 12.8 Å². The second-order valence-corrected chi connectivity index (χ2v) is 3.23. The van der Waals surface area contributed by atoms with Crippen LogP contribution >= 0.6 is 0 Å². The smallest absolute Gasteiger partial charge is 0.493 e. The van der Waals surface area contributed by atoms with Crippen LogP contribution in [0.3, 0.4) is 0 Å². The van der Waals surface area contributed by atoms with E-state index in [-0.39, 0.29) is 24.3 Å². The zero-order valence-electron chi connectivity index (χ0n) is 8.90. The van der Waals surface area contributed by atoms with Crippen molar-refractivity contribution in [2.45, 2.75) is 26.7 Å². The molecular formula is C9H14N2O4. The monoisotopic (exact) mass is 214 g/mol. The molecule has 0 amide bonds. The van der Waals surface area contributed by atoms with E-state index in [0.717, 1.165) is 0 Å². The van der Waals surface area contributed by atoms with Crippen LogP contribution < -0.4 is 4.74 Å². The molecule has 1 heterocycles. The Bertz CT molecular complexity index is 346. The Kier molecular flexibility index (Phi) is 3.54. The number of carbonyl (C=O) groups excluding carboxylic acids is 1. The highest BCUT2D eigenvalue weighted by atomic mass is 16.7. The molecule has 1 aromatic heterocycles. The highest BCUT2D eigenvalue weighted by Crippen LogP contribution is 2.31. The zero-order chi connectivity index (χ0) is 11.4. The Morgan fingerprint density at radius 2 is 2.27 bits per heavy atom. The third-order valence-electron chi connectivity index (χ3n) is 1.77. The van der Waals surface area contributed by atoms with Crippen LogP contribution in [0.15, 0.2) is 0 Å². The predicted molar refractivity (Wildman–Crippen MR) is 52.0 cm³/mol. The first kappa shape index (κ1) is 11.4. The number of hydrogen-bond acceptors (Lipinski definition) is 5. The molecule has 84 valence electrons. The third kappa shape index (κ3) is 2.61. The van der Waals surface area contributed by atoms with Gasteiger partial charge in [-0.15, -0.1) is 5.10 Å². The van der Waals surface area contributed by atoms with Gasteiger partial charge in [0, 0.05) is 0 Å². The van der Waals surface area contributed by atoms with Gasteiger partial charge in [-0.2, -0.15) is 0 Å². The fourth-order valence-corrected chi connectivity index (χ4v) is 1.15. The molecule has 0 radical (unpaired) electrons. The van der Waals surface area contributed by atoms with Gasteiger partial charge in [0.25, 0.3) is 5.88 Å². The molecule has 2 N–H and O–H groups in total. The van der Waals surface area contributed by atoms with Crippen LogP contribution in [0.2, 0.25) is 0 Å². The van der Waals surface area contributed by atoms with Crippen molar-refractivity contribution in [1.29, 1.82) is 0 Å². The van der Waals surface area contributed by atoms with Gasteiger partial charge < -0.3 is 14.6 Å². The lowest BCUT2D eigenvalue weighted by Gasteiger charge is -2.05. The van der Waals surface area contributed by atoms with Crippen LogP contribution in [0.4, 0.5) is 4.79 Å². The lowest BCUT2D eigenvalue weighted by atomic mass is 10.1. The molecule has 15 heavy (non-hydrogen) atoms. The summed E-state index contributed by atoms with van der Waals surface area (Å²) in [4.78, 5) is 11.0. The van der Waals surface area contributed by atoms with Gasteiger partial charge in [-0.25, -0.2) is 9.89 Å². The number of rotatable bonds is 3. The molecule has 0 spiro atoms. The van der Waals surface area contributed by atoms with Crippen LogP contribution in [0.1, 0.15) is 32.3 Å². The maximum atomic E-state index is 11.0. The van der Waals surface area contributed by atoms with E-state index in [1.807, 2.05) is 13.8 Å². The Hall–Kier alpha value is -1.72.